The van der Waals surface area contributed by atoms with Crippen LogP contribution in [0.4, 0.5) is 11.6 Å². The summed E-state index contributed by atoms with van der Waals surface area (Å²) in [5.74, 6) is 2.71. The van der Waals surface area contributed by atoms with Crippen molar-refractivity contribution in [3.8, 4) is 0 Å². The quantitative estimate of drug-likeness (QED) is 0.845. The largest absolute Gasteiger partial charge is 0.373 e. The highest BCUT2D eigenvalue weighted by Gasteiger charge is 2.24. The Morgan fingerprint density at radius 2 is 1.80 bits per heavy atom. The molecule has 5 heteroatoms. The van der Waals surface area contributed by atoms with E-state index in [1.165, 1.54) is 31.2 Å². The van der Waals surface area contributed by atoms with Crippen molar-refractivity contribution in [1.82, 2.24) is 15.3 Å². The minimum absolute atomic E-state index is 0.550. The molecule has 0 unspecified atom stereocenters. The molecule has 1 fully saturated rings. The van der Waals surface area contributed by atoms with Gasteiger partial charge >= 0.3 is 0 Å². The van der Waals surface area contributed by atoms with Crippen LogP contribution in [0.25, 0.3) is 0 Å². The molecule has 1 aromatic heterocycles. The average Bonchev–Trinajstić information content (AvgIpc) is 2.66. The molecule has 0 bridgehead atoms. The molecule has 0 amide bonds. The lowest BCUT2D eigenvalue weighted by Crippen LogP contribution is -2.41. The third-order valence-corrected chi connectivity index (χ3v) is 5.12. The van der Waals surface area contributed by atoms with Crippen molar-refractivity contribution in [3.63, 3.8) is 0 Å². The lowest BCUT2D eigenvalue weighted by atomic mass is 9.90. The van der Waals surface area contributed by atoms with Gasteiger partial charge < -0.3 is 15.5 Å². The zero-order valence-corrected chi connectivity index (χ0v) is 15.5. The number of rotatable bonds is 6. The van der Waals surface area contributed by atoms with Gasteiger partial charge in [0.25, 0.3) is 0 Å². The molecule has 2 aromatic rings. The summed E-state index contributed by atoms with van der Waals surface area (Å²) >= 11 is 0. The Hall–Kier alpha value is -2.14. The summed E-state index contributed by atoms with van der Waals surface area (Å²) in [4.78, 5) is 11.3. The van der Waals surface area contributed by atoms with Gasteiger partial charge in [-0.2, -0.15) is 0 Å². The van der Waals surface area contributed by atoms with Crippen LogP contribution >= 0.6 is 0 Å². The zero-order chi connectivity index (χ0) is 17.6. The fourth-order valence-electron chi connectivity index (χ4n) is 3.57. The molecule has 3 rings (SSSR count). The first kappa shape index (κ1) is 17.7. The Labute approximate surface area is 150 Å². The van der Waals surface area contributed by atoms with Crippen LogP contribution in [0, 0.1) is 6.92 Å². The molecular weight excluding hydrogens is 310 g/mol. The van der Waals surface area contributed by atoms with Gasteiger partial charge in [-0.05, 0) is 38.2 Å². The molecule has 1 saturated carbocycles. The van der Waals surface area contributed by atoms with Crippen LogP contribution in [0.15, 0.2) is 36.4 Å². The second kappa shape index (κ2) is 8.30. The Morgan fingerprint density at radius 1 is 1.08 bits per heavy atom. The maximum absolute atomic E-state index is 4.61. The van der Waals surface area contributed by atoms with Crippen molar-refractivity contribution in [3.05, 3.63) is 47.8 Å². The fraction of sp³-hybridized carbons (Fsp3) is 0.500. The van der Waals surface area contributed by atoms with E-state index in [4.69, 9.17) is 0 Å². The third kappa shape index (κ3) is 4.69. The second-order valence-electron chi connectivity index (χ2n) is 6.89. The monoisotopic (exact) mass is 339 g/mol. The molecule has 2 N–H and O–H groups in total. The first-order valence-corrected chi connectivity index (χ1v) is 9.19. The minimum atomic E-state index is 0.550. The molecule has 0 saturated heterocycles. The summed E-state index contributed by atoms with van der Waals surface area (Å²) in [6, 6.07) is 13.8. The number of anilines is 2. The van der Waals surface area contributed by atoms with E-state index in [1.54, 1.807) is 0 Å². The van der Waals surface area contributed by atoms with Crippen molar-refractivity contribution in [2.45, 2.75) is 51.2 Å². The number of hydrogen-bond donors (Lipinski definition) is 2. The molecule has 0 aliphatic heterocycles. The number of nitrogens with one attached hydrogen (secondary N) is 2. The van der Waals surface area contributed by atoms with E-state index in [0.29, 0.717) is 12.1 Å². The standard InChI is InChI=1S/C20H29N5/c1-15-23-19(21-2)13-20(24-15)25(3)18-11-9-17(10-12-18)22-14-16-7-5-4-6-8-16/h4-8,13,17-18,22H,9-12,14H2,1-3H3,(H,21,23,24). The van der Waals surface area contributed by atoms with Crippen molar-refractivity contribution in [2.75, 3.05) is 24.3 Å². The molecule has 25 heavy (non-hydrogen) atoms. The van der Waals surface area contributed by atoms with Crippen LogP contribution in [0.3, 0.4) is 0 Å². The van der Waals surface area contributed by atoms with Crippen LogP contribution in [-0.4, -0.2) is 36.1 Å². The Kier molecular flexibility index (Phi) is 5.87. The van der Waals surface area contributed by atoms with E-state index in [0.717, 1.165) is 24.0 Å². The lowest BCUT2D eigenvalue weighted by molar-refractivity contribution is 0.335. The van der Waals surface area contributed by atoms with Gasteiger partial charge in [-0.1, -0.05) is 30.3 Å². The second-order valence-corrected chi connectivity index (χ2v) is 6.89. The topological polar surface area (TPSA) is 53.1 Å². The van der Waals surface area contributed by atoms with E-state index >= 15 is 0 Å². The highest BCUT2D eigenvalue weighted by molar-refractivity contribution is 5.49. The summed E-state index contributed by atoms with van der Waals surface area (Å²) in [7, 11) is 4.05. The first-order valence-electron chi connectivity index (χ1n) is 9.19. The normalized spacial score (nSPS) is 20.3. The molecule has 5 nitrogen and oxygen atoms in total. The Bertz CT molecular complexity index is 665. The lowest BCUT2D eigenvalue weighted by Gasteiger charge is -2.35. The van der Waals surface area contributed by atoms with Gasteiger partial charge in [0.05, 0.1) is 0 Å². The van der Waals surface area contributed by atoms with Crippen molar-refractivity contribution in [1.29, 1.82) is 0 Å². The van der Waals surface area contributed by atoms with Gasteiger partial charge in [-0.25, -0.2) is 9.97 Å². The number of aryl methyl sites for hydroxylation is 1. The van der Waals surface area contributed by atoms with Gasteiger partial charge in [0.1, 0.15) is 17.5 Å². The number of benzene rings is 1. The number of nitrogens with zero attached hydrogens (tertiary/aromatic N) is 3. The van der Waals surface area contributed by atoms with E-state index < -0.39 is 0 Å². The summed E-state index contributed by atoms with van der Waals surface area (Å²) < 4.78 is 0. The zero-order valence-electron chi connectivity index (χ0n) is 15.5. The van der Waals surface area contributed by atoms with Crippen LogP contribution in [0.5, 0.6) is 0 Å². The summed E-state index contributed by atoms with van der Waals surface area (Å²) in [5, 5.41) is 6.83. The number of aromatic nitrogens is 2. The molecule has 134 valence electrons. The highest BCUT2D eigenvalue weighted by atomic mass is 15.2. The third-order valence-electron chi connectivity index (χ3n) is 5.12. The van der Waals surface area contributed by atoms with E-state index in [9.17, 15) is 0 Å². The molecule has 1 aliphatic rings. The first-order chi connectivity index (χ1) is 12.2. The van der Waals surface area contributed by atoms with Gasteiger partial charge in [0, 0.05) is 38.8 Å². The van der Waals surface area contributed by atoms with Crippen molar-refractivity contribution < 1.29 is 0 Å². The van der Waals surface area contributed by atoms with Gasteiger partial charge in [0.15, 0.2) is 0 Å². The molecule has 0 spiro atoms. The van der Waals surface area contributed by atoms with E-state index in [1.807, 2.05) is 20.0 Å². The number of hydrogen-bond acceptors (Lipinski definition) is 5. The van der Waals surface area contributed by atoms with E-state index in [2.05, 4.69) is 62.9 Å². The summed E-state index contributed by atoms with van der Waals surface area (Å²) in [6.07, 6.45) is 4.82. The fourth-order valence-corrected chi connectivity index (χ4v) is 3.57. The Morgan fingerprint density at radius 3 is 2.48 bits per heavy atom. The maximum Gasteiger partial charge on any atom is 0.134 e. The molecule has 1 aliphatic carbocycles. The smallest absolute Gasteiger partial charge is 0.134 e. The van der Waals surface area contributed by atoms with Crippen LogP contribution < -0.4 is 15.5 Å². The van der Waals surface area contributed by atoms with Gasteiger partial charge in [-0.15, -0.1) is 0 Å². The minimum Gasteiger partial charge on any atom is -0.373 e. The predicted octanol–water partition coefficient (Wildman–Crippen LogP) is 3.36. The van der Waals surface area contributed by atoms with Gasteiger partial charge in [-0.3, -0.25) is 0 Å². The summed E-state index contributed by atoms with van der Waals surface area (Å²) in [6.45, 7) is 2.91. The van der Waals surface area contributed by atoms with Crippen LogP contribution in [0.1, 0.15) is 37.1 Å². The predicted molar refractivity (Wildman–Crippen MR) is 104 cm³/mol. The van der Waals surface area contributed by atoms with Crippen molar-refractivity contribution in [2.24, 2.45) is 0 Å². The van der Waals surface area contributed by atoms with Crippen LogP contribution in [-0.2, 0) is 6.54 Å². The average molecular weight is 339 g/mol. The molecule has 0 atom stereocenters. The summed E-state index contributed by atoms with van der Waals surface area (Å²) in [5.41, 5.74) is 1.36. The SMILES string of the molecule is CNc1cc(N(C)C2CCC(NCc3ccccc3)CC2)nc(C)n1. The molecule has 1 aromatic carbocycles. The molecule has 1 heterocycles. The van der Waals surface area contributed by atoms with Gasteiger partial charge in [0.2, 0.25) is 0 Å². The Balaban J connectivity index is 1.52. The van der Waals surface area contributed by atoms with Crippen LogP contribution in [0.2, 0.25) is 0 Å². The maximum atomic E-state index is 4.61. The van der Waals surface area contributed by atoms with E-state index in [-0.39, 0.29) is 0 Å². The van der Waals surface area contributed by atoms with Crippen molar-refractivity contribution >= 4 is 11.6 Å². The molecule has 0 radical (unpaired) electrons. The molecular formula is C20H29N5. The highest BCUT2D eigenvalue weighted by Crippen LogP contribution is 2.26.